The lowest BCUT2D eigenvalue weighted by molar-refractivity contribution is -0.137. The van der Waals surface area contributed by atoms with Gasteiger partial charge in [-0.1, -0.05) is 20.8 Å². The third-order valence-corrected chi connectivity index (χ3v) is 4.51. The highest BCUT2D eigenvalue weighted by Gasteiger charge is 2.21. The number of carboxylic acid groups (broad SMARTS) is 1. The fourth-order valence-electron chi connectivity index (χ4n) is 2.06. The minimum atomic E-state index is -0.769. The molecule has 0 radical (unpaired) electrons. The summed E-state index contributed by atoms with van der Waals surface area (Å²) in [5.41, 5.74) is -0.0757. The van der Waals surface area contributed by atoms with Gasteiger partial charge < -0.3 is 15.3 Å². The van der Waals surface area contributed by atoms with E-state index >= 15 is 0 Å². The summed E-state index contributed by atoms with van der Waals surface area (Å²) in [6.45, 7) is 6.73. The minimum Gasteiger partial charge on any atom is -0.481 e. The van der Waals surface area contributed by atoms with Crippen molar-refractivity contribution in [1.29, 1.82) is 0 Å². The smallest absolute Gasteiger partial charge is 0.317 e. The standard InChI is InChI=1S/C15H30N2O3S/c1-6-12(11-21-5)17(4)14(20)16-10-9-15(2,3)8-7-13(18)19/h12H,6-11H2,1-5H3,(H,16,20)(H,18,19). The zero-order valence-corrected chi connectivity index (χ0v) is 14.8. The maximum absolute atomic E-state index is 12.1. The van der Waals surface area contributed by atoms with Crippen molar-refractivity contribution in [3.8, 4) is 0 Å². The normalized spacial score (nSPS) is 12.8. The van der Waals surface area contributed by atoms with Gasteiger partial charge in [-0.2, -0.15) is 11.8 Å². The second-order valence-corrected chi connectivity index (χ2v) is 7.08. The molecule has 2 N–H and O–H groups in total. The molecule has 0 bridgehead atoms. The molecule has 0 aliphatic heterocycles. The minimum absolute atomic E-state index is 0.0510. The second kappa shape index (κ2) is 9.92. The first-order chi connectivity index (χ1) is 9.73. The Bertz CT molecular complexity index is 335. The Morgan fingerprint density at radius 3 is 2.43 bits per heavy atom. The van der Waals surface area contributed by atoms with Crippen molar-refractivity contribution >= 4 is 23.8 Å². The number of carbonyl (C=O) groups excluding carboxylic acids is 1. The number of urea groups is 1. The van der Waals surface area contributed by atoms with Gasteiger partial charge in [0.05, 0.1) is 0 Å². The zero-order valence-electron chi connectivity index (χ0n) is 13.9. The molecule has 0 spiro atoms. The summed E-state index contributed by atoms with van der Waals surface area (Å²) in [5, 5.41) is 11.7. The van der Waals surface area contributed by atoms with Crippen molar-refractivity contribution in [3.05, 3.63) is 0 Å². The van der Waals surface area contributed by atoms with Crippen LogP contribution in [0.4, 0.5) is 4.79 Å². The zero-order chi connectivity index (χ0) is 16.5. The Labute approximate surface area is 132 Å². The Balaban J connectivity index is 4.15. The maximum atomic E-state index is 12.1. The first-order valence-corrected chi connectivity index (χ1v) is 8.84. The van der Waals surface area contributed by atoms with E-state index in [1.807, 2.05) is 27.2 Å². The average molecular weight is 318 g/mol. The van der Waals surface area contributed by atoms with Crippen LogP contribution in [0.3, 0.4) is 0 Å². The number of amides is 2. The van der Waals surface area contributed by atoms with Gasteiger partial charge >= 0.3 is 12.0 Å². The predicted molar refractivity (Wildman–Crippen MR) is 88.9 cm³/mol. The highest BCUT2D eigenvalue weighted by Crippen LogP contribution is 2.26. The molecule has 0 saturated heterocycles. The number of thioether (sulfide) groups is 1. The Morgan fingerprint density at radius 2 is 1.95 bits per heavy atom. The van der Waals surface area contributed by atoms with Gasteiger partial charge in [-0.15, -0.1) is 0 Å². The van der Waals surface area contributed by atoms with Gasteiger partial charge in [0.25, 0.3) is 0 Å². The van der Waals surface area contributed by atoms with Crippen LogP contribution in [0.5, 0.6) is 0 Å². The molecule has 0 aliphatic carbocycles. The van der Waals surface area contributed by atoms with Crippen molar-refractivity contribution in [2.75, 3.05) is 25.6 Å². The summed E-state index contributed by atoms with van der Waals surface area (Å²) in [4.78, 5) is 24.5. The highest BCUT2D eigenvalue weighted by atomic mass is 32.2. The number of aliphatic carboxylic acids is 1. The first-order valence-electron chi connectivity index (χ1n) is 7.45. The molecule has 1 atom stereocenters. The van der Waals surface area contributed by atoms with E-state index in [4.69, 9.17) is 5.11 Å². The van der Waals surface area contributed by atoms with Crippen LogP contribution in [-0.4, -0.2) is 53.6 Å². The molecular weight excluding hydrogens is 288 g/mol. The quantitative estimate of drug-likeness (QED) is 0.649. The molecule has 0 aromatic carbocycles. The highest BCUT2D eigenvalue weighted by molar-refractivity contribution is 7.98. The third-order valence-electron chi connectivity index (χ3n) is 3.79. The summed E-state index contributed by atoms with van der Waals surface area (Å²) in [6, 6.07) is 0.199. The average Bonchev–Trinajstić information content (AvgIpc) is 2.41. The molecular formula is C15H30N2O3S. The van der Waals surface area contributed by atoms with E-state index in [-0.39, 0.29) is 23.9 Å². The van der Waals surface area contributed by atoms with Crippen LogP contribution in [0.15, 0.2) is 0 Å². The van der Waals surface area contributed by atoms with E-state index in [1.165, 1.54) is 0 Å². The lowest BCUT2D eigenvalue weighted by Gasteiger charge is -2.28. The molecule has 21 heavy (non-hydrogen) atoms. The summed E-state index contributed by atoms with van der Waals surface area (Å²) in [6.07, 6.45) is 4.55. The Hall–Kier alpha value is -0.910. The van der Waals surface area contributed by atoms with Crippen molar-refractivity contribution in [2.45, 2.75) is 52.5 Å². The number of hydrogen-bond donors (Lipinski definition) is 2. The van der Waals surface area contributed by atoms with Gasteiger partial charge in [-0.25, -0.2) is 4.79 Å². The Morgan fingerprint density at radius 1 is 1.33 bits per heavy atom. The van der Waals surface area contributed by atoms with Gasteiger partial charge in [0, 0.05) is 31.8 Å². The lowest BCUT2D eigenvalue weighted by Crippen LogP contribution is -2.45. The van der Waals surface area contributed by atoms with Crippen molar-refractivity contribution < 1.29 is 14.7 Å². The molecule has 6 heteroatoms. The van der Waals surface area contributed by atoms with E-state index in [9.17, 15) is 9.59 Å². The molecule has 0 fully saturated rings. The number of nitrogens with zero attached hydrogens (tertiary/aromatic N) is 1. The van der Waals surface area contributed by atoms with Gasteiger partial charge in [-0.3, -0.25) is 4.79 Å². The van der Waals surface area contributed by atoms with Crippen molar-refractivity contribution in [1.82, 2.24) is 10.2 Å². The molecule has 0 rings (SSSR count). The van der Waals surface area contributed by atoms with Crippen LogP contribution in [0.1, 0.15) is 46.5 Å². The van der Waals surface area contributed by atoms with Crippen LogP contribution in [0, 0.1) is 5.41 Å². The summed E-state index contributed by atoms with van der Waals surface area (Å²) in [7, 11) is 1.83. The summed E-state index contributed by atoms with van der Waals surface area (Å²) in [5.74, 6) is 0.166. The van der Waals surface area contributed by atoms with Crippen LogP contribution >= 0.6 is 11.8 Å². The van der Waals surface area contributed by atoms with E-state index < -0.39 is 5.97 Å². The SMILES string of the molecule is CCC(CSC)N(C)C(=O)NCCC(C)(C)CCC(=O)O. The summed E-state index contributed by atoms with van der Waals surface area (Å²) >= 11 is 1.74. The molecule has 0 aliphatic rings. The van der Waals surface area contributed by atoms with Crippen LogP contribution in [0.2, 0.25) is 0 Å². The number of carbonyl (C=O) groups is 2. The third kappa shape index (κ3) is 8.86. The van der Waals surface area contributed by atoms with Crippen LogP contribution in [-0.2, 0) is 4.79 Å². The lowest BCUT2D eigenvalue weighted by atomic mass is 9.84. The van der Waals surface area contributed by atoms with E-state index in [1.54, 1.807) is 16.7 Å². The topological polar surface area (TPSA) is 69.6 Å². The first kappa shape index (κ1) is 20.1. The number of carboxylic acids is 1. The van der Waals surface area contributed by atoms with E-state index in [0.717, 1.165) is 18.6 Å². The monoisotopic (exact) mass is 318 g/mol. The molecule has 0 aromatic rings. The van der Waals surface area contributed by atoms with Gasteiger partial charge in [0.1, 0.15) is 0 Å². The van der Waals surface area contributed by atoms with Crippen LogP contribution < -0.4 is 5.32 Å². The maximum Gasteiger partial charge on any atom is 0.317 e. The fraction of sp³-hybridized carbons (Fsp3) is 0.867. The molecule has 124 valence electrons. The second-order valence-electron chi connectivity index (χ2n) is 6.17. The van der Waals surface area contributed by atoms with E-state index in [0.29, 0.717) is 13.0 Å². The number of rotatable bonds is 10. The molecule has 0 heterocycles. The number of hydrogen-bond acceptors (Lipinski definition) is 3. The van der Waals surface area contributed by atoms with Crippen LogP contribution in [0.25, 0.3) is 0 Å². The molecule has 0 aromatic heterocycles. The molecule has 2 amide bonds. The van der Waals surface area contributed by atoms with E-state index in [2.05, 4.69) is 12.2 Å². The molecule has 5 nitrogen and oxygen atoms in total. The molecule has 0 saturated carbocycles. The largest absolute Gasteiger partial charge is 0.481 e. The van der Waals surface area contributed by atoms with Gasteiger partial charge in [-0.05, 0) is 30.9 Å². The fourth-order valence-corrected chi connectivity index (χ4v) is 2.91. The van der Waals surface area contributed by atoms with Gasteiger partial charge in [0.2, 0.25) is 0 Å². The number of nitrogens with one attached hydrogen (secondary N) is 1. The Kier molecular flexibility index (Phi) is 9.49. The molecule has 1 unspecified atom stereocenters. The predicted octanol–water partition coefficient (Wildman–Crippen LogP) is 3.05. The van der Waals surface area contributed by atoms with Crippen molar-refractivity contribution in [3.63, 3.8) is 0 Å². The van der Waals surface area contributed by atoms with Gasteiger partial charge in [0.15, 0.2) is 0 Å². The summed E-state index contributed by atoms with van der Waals surface area (Å²) < 4.78 is 0. The van der Waals surface area contributed by atoms with Crippen molar-refractivity contribution in [2.24, 2.45) is 5.41 Å².